The lowest BCUT2D eigenvalue weighted by Gasteiger charge is -2.30. The highest BCUT2D eigenvalue weighted by Crippen LogP contribution is 2.26. The molecule has 0 aromatic heterocycles. The van der Waals surface area contributed by atoms with Gasteiger partial charge in [0.05, 0.1) is 31.2 Å². The molecular weight excluding hydrogens is 408 g/mol. The Balaban J connectivity index is 2.32. The van der Waals surface area contributed by atoms with Crippen molar-refractivity contribution < 1.29 is 27.5 Å². The van der Waals surface area contributed by atoms with E-state index in [0.717, 1.165) is 10.6 Å². The van der Waals surface area contributed by atoms with E-state index in [-0.39, 0.29) is 18.6 Å². The van der Waals surface area contributed by atoms with Crippen LogP contribution >= 0.6 is 0 Å². The molecule has 0 heterocycles. The molecule has 0 aliphatic heterocycles. The third kappa shape index (κ3) is 5.73. The molecule has 162 valence electrons. The van der Waals surface area contributed by atoms with Crippen molar-refractivity contribution in [2.45, 2.75) is 26.3 Å². The molecule has 0 aliphatic rings. The molecule has 0 saturated carbocycles. The van der Waals surface area contributed by atoms with Crippen LogP contribution in [0.1, 0.15) is 30.6 Å². The van der Waals surface area contributed by atoms with Gasteiger partial charge in [-0.3, -0.25) is 9.10 Å². The van der Waals surface area contributed by atoms with E-state index in [2.05, 4.69) is 5.32 Å². The molecule has 1 amide bonds. The van der Waals surface area contributed by atoms with E-state index in [0.29, 0.717) is 17.1 Å². The minimum absolute atomic E-state index is 0.235. The van der Waals surface area contributed by atoms with Gasteiger partial charge in [-0.2, -0.15) is 0 Å². The lowest BCUT2D eigenvalue weighted by Crippen LogP contribution is -2.47. The topological polar surface area (TPSA) is 102 Å². The van der Waals surface area contributed by atoms with Crippen LogP contribution < -0.4 is 14.4 Å². The fourth-order valence-electron chi connectivity index (χ4n) is 2.95. The number of hydrogen-bond donors (Lipinski definition) is 1. The molecular formula is C21H26N2O6S. The second kappa shape index (κ2) is 10.1. The second-order valence-electron chi connectivity index (χ2n) is 6.47. The van der Waals surface area contributed by atoms with Crippen LogP contribution in [0.4, 0.5) is 11.4 Å². The first-order valence-electron chi connectivity index (χ1n) is 9.42. The lowest BCUT2D eigenvalue weighted by molar-refractivity contribution is -0.117. The van der Waals surface area contributed by atoms with Crippen molar-refractivity contribution >= 4 is 33.3 Å². The predicted molar refractivity (Wildman–Crippen MR) is 115 cm³/mol. The molecule has 2 rings (SSSR count). The highest BCUT2D eigenvalue weighted by Gasteiger charge is 2.31. The van der Waals surface area contributed by atoms with Gasteiger partial charge in [0.2, 0.25) is 15.9 Å². The van der Waals surface area contributed by atoms with Gasteiger partial charge in [-0.15, -0.1) is 0 Å². The van der Waals surface area contributed by atoms with Gasteiger partial charge in [0.15, 0.2) is 0 Å². The number of methoxy groups -OCH3 is 1. The first-order valence-corrected chi connectivity index (χ1v) is 11.3. The Kier molecular flexibility index (Phi) is 7.82. The average Bonchev–Trinajstić information content (AvgIpc) is 2.71. The number of ether oxygens (including phenoxy) is 2. The van der Waals surface area contributed by atoms with Gasteiger partial charge in [0, 0.05) is 5.69 Å². The van der Waals surface area contributed by atoms with Crippen molar-refractivity contribution in [1.82, 2.24) is 0 Å². The number of anilines is 2. The maximum absolute atomic E-state index is 13.0. The SMILES string of the molecule is CCOC(=O)c1cccc(NC(=O)[C@H](CC)N(c2ccc(OC)cc2)S(C)(=O)=O)c1. The highest BCUT2D eigenvalue weighted by molar-refractivity contribution is 7.92. The minimum atomic E-state index is -3.76. The van der Waals surface area contributed by atoms with Gasteiger partial charge in [-0.25, -0.2) is 13.2 Å². The summed E-state index contributed by atoms with van der Waals surface area (Å²) in [4.78, 5) is 24.9. The number of esters is 1. The summed E-state index contributed by atoms with van der Waals surface area (Å²) in [6, 6.07) is 11.7. The molecule has 2 aromatic carbocycles. The summed E-state index contributed by atoms with van der Waals surface area (Å²) in [5.41, 5.74) is 1.01. The summed E-state index contributed by atoms with van der Waals surface area (Å²) in [6.07, 6.45) is 1.29. The average molecular weight is 435 g/mol. The van der Waals surface area contributed by atoms with Crippen molar-refractivity contribution in [2.75, 3.05) is 29.6 Å². The summed E-state index contributed by atoms with van der Waals surface area (Å²) in [7, 11) is -2.25. The molecule has 0 aliphatic carbocycles. The number of rotatable bonds is 9. The van der Waals surface area contributed by atoms with E-state index in [1.165, 1.54) is 13.2 Å². The molecule has 1 N–H and O–H groups in total. The quantitative estimate of drug-likeness (QED) is 0.609. The van der Waals surface area contributed by atoms with Crippen LogP contribution in [0.15, 0.2) is 48.5 Å². The zero-order chi connectivity index (χ0) is 22.3. The molecule has 2 aromatic rings. The predicted octanol–water partition coefficient (Wildman–Crippen LogP) is 3.06. The molecule has 0 spiro atoms. The normalized spacial score (nSPS) is 12.0. The van der Waals surface area contributed by atoms with Gasteiger partial charge in [0.25, 0.3) is 0 Å². The van der Waals surface area contributed by atoms with E-state index < -0.39 is 27.9 Å². The third-order valence-electron chi connectivity index (χ3n) is 4.30. The van der Waals surface area contributed by atoms with Crippen LogP contribution in [0.25, 0.3) is 0 Å². The first kappa shape index (κ1) is 23.2. The highest BCUT2D eigenvalue weighted by atomic mass is 32.2. The van der Waals surface area contributed by atoms with Crippen molar-refractivity contribution in [3.63, 3.8) is 0 Å². The van der Waals surface area contributed by atoms with Gasteiger partial charge in [0.1, 0.15) is 11.8 Å². The van der Waals surface area contributed by atoms with Crippen molar-refractivity contribution in [3.05, 3.63) is 54.1 Å². The number of nitrogens with one attached hydrogen (secondary N) is 1. The number of benzene rings is 2. The van der Waals surface area contributed by atoms with Crippen molar-refractivity contribution in [3.8, 4) is 5.75 Å². The molecule has 8 nitrogen and oxygen atoms in total. The summed E-state index contributed by atoms with van der Waals surface area (Å²) in [6.45, 7) is 3.66. The summed E-state index contributed by atoms with van der Waals surface area (Å²) >= 11 is 0. The molecule has 0 radical (unpaired) electrons. The van der Waals surface area contributed by atoms with Crippen LogP contribution in [0.3, 0.4) is 0 Å². The van der Waals surface area contributed by atoms with Crippen molar-refractivity contribution in [2.24, 2.45) is 0 Å². The fourth-order valence-corrected chi connectivity index (χ4v) is 4.17. The maximum Gasteiger partial charge on any atom is 0.338 e. The fraction of sp³-hybridized carbons (Fsp3) is 0.333. The first-order chi connectivity index (χ1) is 14.2. The lowest BCUT2D eigenvalue weighted by atomic mass is 10.1. The molecule has 0 saturated heterocycles. The van der Waals surface area contributed by atoms with Crippen molar-refractivity contribution in [1.29, 1.82) is 0 Å². The van der Waals surface area contributed by atoms with Gasteiger partial charge in [-0.1, -0.05) is 13.0 Å². The van der Waals surface area contributed by atoms with Crippen LogP contribution in [-0.2, 0) is 19.6 Å². The summed E-state index contributed by atoms with van der Waals surface area (Å²) in [5, 5.41) is 2.70. The second-order valence-corrected chi connectivity index (χ2v) is 8.33. The van der Waals surface area contributed by atoms with E-state index in [1.807, 2.05) is 0 Å². The van der Waals surface area contributed by atoms with E-state index in [4.69, 9.17) is 9.47 Å². The van der Waals surface area contributed by atoms with E-state index in [9.17, 15) is 18.0 Å². The smallest absolute Gasteiger partial charge is 0.338 e. The number of nitrogens with zero attached hydrogens (tertiary/aromatic N) is 1. The molecule has 0 bridgehead atoms. The minimum Gasteiger partial charge on any atom is -0.497 e. The van der Waals surface area contributed by atoms with E-state index >= 15 is 0 Å². The molecule has 0 fully saturated rings. The Morgan fingerprint density at radius 1 is 1.10 bits per heavy atom. The van der Waals surface area contributed by atoms with Crippen LogP contribution in [0.2, 0.25) is 0 Å². The number of amides is 1. The molecule has 1 atom stereocenters. The number of carbonyl (C=O) groups is 2. The summed E-state index contributed by atoms with van der Waals surface area (Å²) in [5.74, 6) is -0.447. The molecule has 0 unspecified atom stereocenters. The Labute approximate surface area is 176 Å². The third-order valence-corrected chi connectivity index (χ3v) is 5.48. The Morgan fingerprint density at radius 3 is 2.30 bits per heavy atom. The number of sulfonamides is 1. The maximum atomic E-state index is 13.0. The monoisotopic (exact) mass is 434 g/mol. The zero-order valence-electron chi connectivity index (χ0n) is 17.4. The van der Waals surface area contributed by atoms with Gasteiger partial charge in [-0.05, 0) is 55.8 Å². The zero-order valence-corrected chi connectivity index (χ0v) is 18.2. The van der Waals surface area contributed by atoms with Crippen LogP contribution in [0, 0.1) is 0 Å². The number of hydrogen-bond acceptors (Lipinski definition) is 6. The largest absolute Gasteiger partial charge is 0.497 e. The molecule has 9 heteroatoms. The van der Waals surface area contributed by atoms with Crippen LogP contribution in [0.5, 0.6) is 5.75 Å². The number of carbonyl (C=O) groups excluding carboxylic acids is 2. The Morgan fingerprint density at radius 2 is 1.77 bits per heavy atom. The van der Waals surface area contributed by atoms with Gasteiger partial charge >= 0.3 is 5.97 Å². The van der Waals surface area contributed by atoms with Gasteiger partial charge < -0.3 is 14.8 Å². The Bertz CT molecular complexity index is 989. The van der Waals surface area contributed by atoms with Crippen LogP contribution in [-0.4, -0.2) is 46.3 Å². The summed E-state index contributed by atoms with van der Waals surface area (Å²) < 4.78 is 36.2. The Hall–Kier alpha value is -3.07. The standard InChI is InChI=1S/C21H26N2O6S/c1-5-19(23(30(4,26)27)17-10-12-18(28-3)13-11-17)20(24)22-16-9-7-8-15(14-16)21(25)29-6-2/h7-14,19H,5-6H2,1-4H3,(H,22,24)/t19-/m0/s1. The van der Waals surface area contributed by atoms with E-state index in [1.54, 1.807) is 56.3 Å². The molecule has 30 heavy (non-hydrogen) atoms.